The van der Waals surface area contributed by atoms with Gasteiger partial charge in [-0.3, -0.25) is 4.79 Å². The van der Waals surface area contributed by atoms with Crippen molar-refractivity contribution in [3.63, 3.8) is 0 Å². The highest BCUT2D eigenvalue weighted by Crippen LogP contribution is 2.15. The van der Waals surface area contributed by atoms with Gasteiger partial charge in [-0.25, -0.2) is 4.68 Å². The van der Waals surface area contributed by atoms with E-state index in [2.05, 4.69) is 39.6 Å². The smallest absolute Gasteiger partial charge is 0.256 e. The van der Waals surface area contributed by atoms with Gasteiger partial charge in [0.15, 0.2) is 0 Å². The highest BCUT2D eigenvalue weighted by molar-refractivity contribution is 6.03. The molecule has 0 saturated carbocycles. The third kappa shape index (κ3) is 3.63. The predicted molar refractivity (Wildman–Crippen MR) is 96.5 cm³/mol. The zero-order chi connectivity index (χ0) is 16.9. The summed E-state index contributed by atoms with van der Waals surface area (Å²) in [5, 5.41) is 7.22. The molecular weight excluding hydrogens is 300 g/mol. The van der Waals surface area contributed by atoms with Crippen LogP contribution in [-0.2, 0) is 6.54 Å². The van der Waals surface area contributed by atoms with E-state index >= 15 is 0 Å². The number of anilines is 2. The van der Waals surface area contributed by atoms with Crippen LogP contribution in [0.5, 0.6) is 0 Å². The number of aromatic nitrogens is 2. The molecule has 5 nitrogen and oxygen atoms in total. The van der Waals surface area contributed by atoms with Crippen molar-refractivity contribution in [1.82, 2.24) is 9.78 Å². The van der Waals surface area contributed by atoms with Crippen LogP contribution in [-0.4, -0.2) is 29.8 Å². The number of hydrogen-bond acceptors (Lipinski definition) is 3. The molecule has 1 amide bonds. The summed E-state index contributed by atoms with van der Waals surface area (Å²) in [7, 11) is 4.03. The van der Waals surface area contributed by atoms with Crippen molar-refractivity contribution in [2.45, 2.75) is 6.54 Å². The van der Waals surface area contributed by atoms with Gasteiger partial charge in [0.25, 0.3) is 5.91 Å². The molecule has 0 bridgehead atoms. The summed E-state index contributed by atoms with van der Waals surface area (Å²) >= 11 is 0. The van der Waals surface area contributed by atoms with Gasteiger partial charge in [0.2, 0.25) is 0 Å². The average Bonchev–Trinajstić information content (AvgIpc) is 3.03. The van der Waals surface area contributed by atoms with E-state index in [1.54, 1.807) is 29.1 Å². The third-order valence-electron chi connectivity index (χ3n) is 3.78. The van der Waals surface area contributed by atoms with Crippen LogP contribution >= 0.6 is 0 Å². The first-order chi connectivity index (χ1) is 11.6. The molecular formula is C19H20N4O. The minimum Gasteiger partial charge on any atom is -0.378 e. The first-order valence-electron chi connectivity index (χ1n) is 7.78. The number of rotatable bonds is 5. The van der Waals surface area contributed by atoms with E-state index in [9.17, 15) is 4.79 Å². The Hall–Kier alpha value is -3.08. The fourth-order valence-electron chi connectivity index (χ4n) is 2.42. The Balaban J connectivity index is 1.72. The quantitative estimate of drug-likeness (QED) is 0.785. The molecule has 1 heterocycles. The molecule has 3 rings (SSSR count). The first kappa shape index (κ1) is 15.8. The minimum atomic E-state index is -0.139. The zero-order valence-electron chi connectivity index (χ0n) is 13.8. The Bertz CT molecular complexity index is 807. The number of carbonyl (C=O) groups excluding carboxylic acids is 1. The summed E-state index contributed by atoms with van der Waals surface area (Å²) in [6.07, 6.45) is 1.69. The normalized spacial score (nSPS) is 10.4. The maximum Gasteiger partial charge on any atom is 0.256 e. The predicted octanol–water partition coefficient (Wildman–Crippen LogP) is 3.25. The molecule has 0 spiro atoms. The molecule has 0 radical (unpaired) electrons. The molecule has 1 aromatic heterocycles. The first-order valence-corrected chi connectivity index (χ1v) is 7.78. The van der Waals surface area contributed by atoms with Crippen molar-refractivity contribution in [3.8, 4) is 0 Å². The average molecular weight is 320 g/mol. The van der Waals surface area contributed by atoms with Gasteiger partial charge in [0.05, 0.1) is 12.7 Å². The van der Waals surface area contributed by atoms with Crippen LogP contribution in [0.1, 0.15) is 15.9 Å². The SMILES string of the molecule is CN(C)c1ccc(Cn2nccc2NC(=O)c2ccccc2)cc1. The third-order valence-corrected chi connectivity index (χ3v) is 3.78. The molecule has 5 heteroatoms. The molecule has 0 aliphatic carbocycles. The van der Waals surface area contributed by atoms with E-state index in [1.165, 1.54) is 0 Å². The molecule has 24 heavy (non-hydrogen) atoms. The van der Waals surface area contributed by atoms with E-state index < -0.39 is 0 Å². The number of hydrogen-bond donors (Lipinski definition) is 1. The molecule has 0 fully saturated rings. The van der Waals surface area contributed by atoms with E-state index in [0.29, 0.717) is 17.9 Å². The topological polar surface area (TPSA) is 50.2 Å². The van der Waals surface area contributed by atoms with Gasteiger partial charge in [-0.05, 0) is 29.8 Å². The fourth-order valence-corrected chi connectivity index (χ4v) is 2.42. The van der Waals surface area contributed by atoms with Crippen LogP contribution in [0.25, 0.3) is 0 Å². The van der Waals surface area contributed by atoms with Gasteiger partial charge >= 0.3 is 0 Å². The Kier molecular flexibility index (Phi) is 4.61. The van der Waals surface area contributed by atoms with Crippen LogP contribution in [0.15, 0.2) is 66.9 Å². The molecule has 0 unspecified atom stereocenters. The molecule has 122 valence electrons. The van der Waals surface area contributed by atoms with Crippen molar-refractivity contribution in [2.24, 2.45) is 0 Å². The van der Waals surface area contributed by atoms with E-state index in [0.717, 1.165) is 11.3 Å². The number of carbonyl (C=O) groups is 1. The van der Waals surface area contributed by atoms with Crippen molar-refractivity contribution >= 4 is 17.4 Å². The van der Waals surface area contributed by atoms with Crippen LogP contribution in [0.3, 0.4) is 0 Å². The Morgan fingerprint density at radius 1 is 1.04 bits per heavy atom. The lowest BCUT2D eigenvalue weighted by Gasteiger charge is -2.13. The van der Waals surface area contributed by atoms with Crippen LogP contribution in [0.4, 0.5) is 11.5 Å². The molecule has 0 saturated heterocycles. The summed E-state index contributed by atoms with van der Waals surface area (Å²) in [6, 6.07) is 19.2. The summed E-state index contributed by atoms with van der Waals surface area (Å²) in [4.78, 5) is 14.3. The Labute approximate surface area is 141 Å². The largest absolute Gasteiger partial charge is 0.378 e. The molecule has 1 N–H and O–H groups in total. The summed E-state index contributed by atoms with van der Waals surface area (Å²) in [5.41, 5.74) is 2.90. The van der Waals surface area contributed by atoms with Crippen molar-refractivity contribution < 1.29 is 4.79 Å². The number of benzene rings is 2. The van der Waals surface area contributed by atoms with Crippen LogP contribution in [0.2, 0.25) is 0 Å². The molecule has 2 aromatic carbocycles. The second-order valence-electron chi connectivity index (χ2n) is 5.76. The van der Waals surface area contributed by atoms with E-state index in [-0.39, 0.29) is 5.91 Å². The second kappa shape index (κ2) is 7.00. The van der Waals surface area contributed by atoms with Crippen molar-refractivity contribution in [1.29, 1.82) is 0 Å². The minimum absolute atomic E-state index is 0.139. The maximum absolute atomic E-state index is 12.3. The number of nitrogens with one attached hydrogen (secondary N) is 1. The van der Waals surface area contributed by atoms with Gasteiger partial charge in [-0.2, -0.15) is 5.10 Å². The van der Waals surface area contributed by atoms with Gasteiger partial charge < -0.3 is 10.2 Å². The summed E-state index contributed by atoms with van der Waals surface area (Å²) in [6.45, 7) is 0.602. The molecule has 0 aliphatic rings. The lowest BCUT2D eigenvalue weighted by molar-refractivity contribution is 0.102. The van der Waals surface area contributed by atoms with Gasteiger partial charge in [0, 0.05) is 31.4 Å². The maximum atomic E-state index is 12.3. The van der Waals surface area contributed by atoms with Crippen LogP contribution in [0, 0.1) is 0 Å². The molecule has 3 aromatic rings. The van der Waals surface area contributed by atoms with Gasteiger partial charge in [-0.15, -0.1) is 0 Å². The summed E-state index contributed by atoms with van der Waals surface area (Å²) in [5.74, 6) is 0.542. The molecule has 0 aliphatic heterocycles. The van der Waals surface area contributed by atoms with Gasteiger partial charge in [0.1, 0.15) is 5.82 Å². The van der Waals surface area contributed by atoms with Gasteiger partial charge in [-0.1, -0.05) is 30.3 Å². The van der Waals surface area contributed by atoms with Crippen molar-refractivity contribution in [2.75, 3.05) is 24.3 Å². The highest BCUT2D eigenvalue weighted by Gasteiger charge is 2.09. The lowest BCUT2D eigenvalue weighted by atomic mass is 10.2. The monoisotopic (exact) mass is 320 g/mol. The zero-order valence-corrected chi connectivity index (χ0v) is 13.8. The number of amides is 1. The fraction of sp³-hybridized carbons (Fsp3) is 0.158. The summed E-state index contributed by atoms with van der Waals surface area (Å²) < 4.78 is 1.78. The molecule has 0 atom stereocenters. The number of nitrogens with zero attached hydrogens (tertiary/aromatic N) is 3. The van der Waals surface area contributed by atoms with Crippen molar-refractivity contribution in [3.05, 3.63) is 78.0 Å². The standard InChI is InChI=1S/C19H20N4O/c1-22(2)17-10-8-15(9-11-17)14-23-18(12-13-20-23)21-19(24)16-6-4-3-5-7-16/h3-13H,14H2,1-2H3,(H,21,24). The van der Waals surface area contributed by atoms with E-state index in [4.69, 9.17) is 0 Å². The Morgan fingerprint density at radius 3 is 2.42 bits per heavy atom. The van der Waals surface area contributed by atoms with Crippen LogP contribution < -0.4 is 10.2 Å². The van der Waals surface area contributed by atoms with E-state index in [1.807, 2.05) is 32.3 Å². The highest BCUT2D eigenvalue weighted by atomic mass is 16.1. The lowest BCUT2D eigenvalue weighted by Crippen LogP contribution is -2.16. The Morgan fingerprint density at radius 2 is 1.75 bits per heavy atom. The second-order valence-corrected chi connectivity index (χ2v) is 5.76.